The second kappa shape index (κ2) is 5.06. The fraction of sp³-hybridized carbons (Fsp3) is 0.950. The molecule has 0 aromatic carbocycles. The van der Waals surface area contributed by atoms with Crippen LogP contribution in [0.2, 0.25) is 0 Å². The van der Waals surface area contributed by atoms with Crippen LogP contribution in [-0.2, 0) is 4.79 Å². The maximum atomic E-state index is 11.8. The highest BCUT2D eigenvalue weighted by Crippen LogP contribution is 2.65. The Morgan fingerprint density at radius 1 is 1.05 bits per heavy atom. The van der Waals surface area contributed by atoms with Crippen molar-refractivity contribution in [3.63, 3.8) is 0 Å². The number of ketones is 1. The summed E-state index contributed by atoms with van der Waals surface area (Å²) in [5, 5.41) is 11.2. The van der Waals surface area contributed by atoms with Crippen LogP contribution in [0.25, 0.3) is 0 Å². The number of fused-ring (bicyclic) bond motifs is 5. The van der Waals surface area contributed by atoms with Gasteiger partial charge in [-0.15, -0.1) is 0 Å². The lowest BCUT2D eigenvalue weighted by Gasteiger charge is -2.57. The Kier molecular flexibility index (Phi) is 3.49. The summed E-state index contributed by atoms with van der Waals surface area (Å²) >= 11 is 0. The zero-order valence-electron chi connectivity index (χ0n) is 14.3. The number of Topliss-reactive ketones (excluding diaryl/α,β-unsaturated/α-hetero) is 1. The second-order valence-corrected chi connectivity index (χ2v) is 9.10. The van der Waals surface area contributed by atoms with E-state index in [2.05, 4.69) is 13.8 Å². The predicted octanol–water partition coefficient (Wildman–Crippen LogP) is 4.35. The van der Waals surface area contributed by atoms with Crippen molar-refractivity contribution < 1.29 is 9.90 Å². The molecule has 0 bridgehead atoms. The van der Waals surface area contributed by atoms with Gasteiger partial charge in [-0.2, -0.15) is 0 Å². The van der Waals surface area contributed by atoms with Crippen LogP contribution < -0.4 is 0 Å². The van der Waals surface area contributed by atoms with Gasteiger partial charge in [-0.3, -0.25) is 4.79 Å². The van der Waals surface area contributed by atoms with Gasteiger partial charge in [0.05, 0.1) is 5.60 Å². The van der Waals surface area contributed by atoms with Crippen molar-refractivity contribution in [2.45, 2.75) is 83.7 Å². The summed E-state index contributed by atoms with van der Waals surface area (Å²) in [6, 6.07) is 0. The molecule has 22 heavy (non-hydrogen) atoms. The molecule has 4 aliphatic carbocycles. The van der Waals surface area contributed by atoms with Crippen LogP contribution in [0.15, 0.2) is 0 Å². The van der Waals surface area contributed by atoms with Crippen molar-refractivity contribution in [2.24, 2.45) is 35.0 Å². The molecule has 2 heteroatoms. The minimum absolute atomic E-state index is 0.153. The van der Waals surface area contributed by atoms with Crippen LogP contribution in [-0.4, -0.2) is 16.5 Å². The van der Waals surface area contributed by atoms with E-state index in [0.29, 0.717) is 11.7 Å². The van der Waals surface area contributed by atoms with Crippen LogP contribution in [0.5, 0.6) is 0 Å². The first-order valence-corrected chi connectivity index (χ1v) is 9.72. The first kappa shape index (κ1) is 15.2. The molecule has 0 aromatic rings. The largest absolute Gasteiger partial charge is 0.389 e. The summed E-state index contributed by atoms with van der Waals surface area (Å²) in [6.45, 7) is 4.56. The molecule has 4 saturated carbocycles. The van der Waals surface area contributed by atoms with Crippen molar-refractivity contribution in [2.75, 3.05) is 0 Å². The van der Waals surface area contributed by atoms with Gasteiger partial charge in [0.2, 0.25) is 0 Å². The number of hydrogen-bond donors (Lipinski definition) is 1. The summed E-state index contributed by atoms with van der Waals surface area (Å²) < 4.78 is 0. The number of hydrogen-bond acceptors (Lipinski definition) is 2. The monoisotopic (exact) mass is 304 g/mol. The van der Waals surface area contributed by atoms with Crippen LogP contribution in [0.1, 0.15) is 78.1 Å². The van der Waals surface area contributed by atoms with E-state index < -0.39 is 5.60 Å². The summed E-state index contributed by atoms with van der Waals surface area (Å²) in [6.07, 6.45) is 11.1. The quantitative estimate of drug-likeness (QED) is 0.782. The molecule has 0 saturated heterocycles. The van der Waals surface area contributed by atoms with Gasteiger partial charge in [0, 0.05) is 12.8 Å². The lowest BCUT2D eigenvalue weighted by atomic mass is 9.49. The van der Waals surface area contributed by atoms with Gasteiger partial charge in [-0.25, -0.2) is 0 Å². The van der Waals surface area contributed by atoms with E-state index in [1.807, 2.05) is 0 Å². The van der Waals surface area contributed by atoms with Gasteiger partial charge < -0.3 is 5.11 Å². The first-order chi connectivity index (χ1) is 10.5. The van der Waals surface area contributed by atoms with Crippen molar-refractivity contribution in [3.05, 3.63) is 0 Å². The molecular weight excluding hydrogens is 272 g/mol. The SMILES string of the molecule is CC[C@]1(O)CC[C@@H]2[C@@H]3CC[C@H]4CC(=O)CC[C@H]4[C@H]3CC[C@@]21C. The summed E-state index contributed by atoms with van der Waals surface area (Å²) in [7, 11) is 0. The third-order valence-corrected chi connectivity index (χ3v) is 8.67. The predicted molar refractivity (Wildman–Crippen MR) is 87.4 cm³/mol. The topological polar surface area (TPSA) is 37.3 Å². The fourth-order valence-corrected chi connectivity index (χ4v) is 7.35. The fourth-order valence-electron chi connectivity index (χ4n) is 7.35. The average molecular weight is 304 g/mol. The van der Waals surface area contributed by atoms with Crippen molar-refractivity contribution in [1.82, 2.24) is 0 Å². The number of carbonyl (C=O) groups excluding carboxylic acids is 1. The van der Waals surface area contributed by atoms with E-state index in [1.54, 1.807) is 0 Å². The van der Waals surface area contributed by atoms with E-state index in [9.17, 15) is 9.90 Å². The smallest absolute Gasteiger partial charge is 0.133 e. The summed E-state index contributed by atoms with van der Waals surface area (Å²) in [4.78, 5) is 11.8. The molecule has 0 radical (unpaired) electrons. The molecule has 7 atom stereocenters. The van der Waals surface area contributed by atoms with Crippen LogP contribution in [0.3, 0.4) is 0 Å². The highest BCUT2D eigenvalue weighted by atomic mass is 16.3. The van der Waals surface area contributed by atoms with Crippen molar-refractivity contribution in [3.8, 4) is 0 Å². The van der Waals surface area contributed by atoms with E-state index in [0.717, 1.165) is 55.8 Å². The molecule has 124 valence electrons. The standard InChI is InChI=1S/C20H32O2/c1-3-20(22)11-9-18-17-6-4-13-12-14(21)5-7-15(13)16(17)8-10-19(18,20)2/h13,15-18,22H,3-12H2,1-2H3/t13-,15+,16+,17+,18+,19-,20-/m0/s1. The Morgan fingerprint density at radius 2 is 1.86 bits per heavy atom. The number of aliphatic hydroxyl groups is 1. The molecule has 2 nitrogen and oxygen atoms in total. The Hall–Kier alpha value is -0.370. The van der Waals surface area contributed by atoms with Gasteiger partial charge in [0.1, 0.15) is 5.78 Å². The van der Waals surface area contributed by atoms with E-state index in [4.69, 9.17) is 0 Å². The summed E-state index contributed by atoms with van der Waals surface area (Å²) in [5.74, 6) is 4.43. The van der Waals surface area contributed by atoms with Crippen molar-refractivity contribution >= 4 is 5.78 Å². The highest BCUT2D eigenvalue weighted by Gasteiger charge is 2.61. The molecule has 0 aliphatic heterocycles. The van der Waals surface area contributed by atoms with Crippen molar-refractivity contribution in [1.29, 1.82) is 0 Å². The summed E-state index contributed by atoms with van der Waals surface area (Å²) in [5.41, 5.74) is -0.262. The molecule has 0 heterocycles. The lowest BCUT2D eigenvalue weighted by molar-refractivity contribution is -0.138. The minimum atomic E-state index is -0.415. The minimum Gasteiger partial charge on any atom is -0.389 e. The first-order valence-electron chi connectivity index (χ1n) is 9.72. The van der Waals surface area contributed by atoms with Gasteiger partial charge in [-0.1, -0.05) is 13.8 Å². The number of carbonyl (C=O) groups is 1. The molecular formula is C20H32O2. The average Bonchev–Trinajstić information content (AvgIpc) is 2.79. The lowest BCUT2D eigenvalue weighted by Crippen LogP contribution is -2.53. The van der Waals surface area contributed by atoms with E-state index in [-0.39, 0.29) is 5.41 Å². The zero-order valence-corrected chi connectivity index (χ0v) is 14.3. The molecule has 0 amide bonds. The van der Waals surface area contributed by atoms with E-state index >= 15 is 0 Å². The highest BCUT2D eigenvalue weighted by molar-refractivity contribution is 5.79. The third-order valence-electron chi connectivity index (χ3n) is 8.67. The Bertz CT molecular complexity index is 472. The molecule has 4 fully saturated rings. The number of rotatable bonds is 1. The molecule has 1 N–H and O–H groups in total. The second-order valence-electron chi connectivity index (χ2n) is 9.10. The molecule has 0 spiro atoms. The van der Waals surface area contributed by atoms with Gasteiger partial charge >= 0.3 is 0 Å². The third kappa shape index (κ3) is 1.92. The van der Waals surface area contributed by atoms with Crippen LogP contribution in [0.4, 0.5) is 0 Å². The maximum Gasteiger partial charge on any atom is 0.133 e. The molecule has 4 rings (SSSR count). The normalized spacial score (nSPS) is 54.5. The van der Waals surface area contributed by atoms with Gasteiger partial charge in [0.25, 0.3) is 0 Å². The molecule has 0 unspecified atom stereocenters. The van der Waals surface area contributed by atoms with Crippen LogP contribution >= 0.6 is 0 Å². The Labute approximate surface area is 135 Å². The maximum absolute atomic E-state index is 11.8. The Balaban J connectivity index is 1.59. The van der Waals surface area contributed by atoms with Gasteiger partial charge in [0.15, 0.2) is 0 Å². The molecule has 0 aromatic heterocycles. The van der Waals surface area contributed by atoms with Gasteiger partial charge in [-0.05, 0) is 86.4 Å². The van der Waals surface area contributed by atoms with E-state index in [1.165, 1.54) is 32.1 Å². The van der Waals surface area contributed by atoms with Crippen LogP contribution in [0, 0.1) is 35.0 Å². The molecule has 4 aliphatic rings. The zero-order chi connectivity index (χ0) is 15.5. The Morgan fingerprint density at radius 3 is 2.64 bits per heavy atom.